The summed E-state index contributed by atoms with van der Waals surface area (Å²) in [6.07, 6.45) is 0. The third kappa shape index (κ3) is 3.74. The average molecular weight is 432 g/mol. The van der Waals surface area contributed by atoms with E-state index < -0.39 is 11.8 Å². The number of fused-ring (bicyclic) bond motifs is 1. The van der Waals surface area contributed by atoms with Crippen LogP contribution in [0.4, 0.5) is 4.39 Å². The van der Waals surface area contributed by atoms with Crippen molar-refractivity contribution in [3.63, 3.8) is 0 Å². The van der Waals surface area contributed by atoms with E-state index in [1.54, 1.807) is 18.2 Å². The first-order chi connectivity index (χ1) is 12.9. The van der Waals surface area contributed by atoms with Crippen molar-refractivity contribution < 1.29 is 33.2 Å². The van der Waals surface area contributed by atoms with Gasteiger partial charge in [0.1, 0.15) is 5.82 Å². The van der Waals surface area contributed by atoms with Crippen molar-refractivity contribution in [3.05, 3.63) is 76.1 Å². The number of aryl methyl sites for hydroxylation is 1. The van der Waals surface area contributed by atoms with Gasteiger partial charge in [0.15, 0.2) is 5.65 Å². The Hall–Kier alpha value is -2.46. The molecule has 5 nitrogen and oxygen atoms in total. The number of halogens is 2. The minimum atomic E-state index is -1.39. The van der Waals surface area contributed by atoms with Gasteiger partial charge < -0.3 is 9.90 Å². The number of carbonyl (C=O) groups excluding carboxylic acids is 1. The Morgan fingerprint density at radius 3 is 2.46 bits per heavy atom. The van der Waals surface area contributed by atoms with Gasteiger partial charge in [0.2, 0.25) is 0 Å². The molecule has 4 aromatic rings. The van der Waals surface area contributed by atoms with Crippen LogP contribution in [0.25, 0.3) is 28.2 Å². The van der Waals surface area contributed by atoms with Crippen LogP contribution in [0.5, 0.6) is 0 Å². The summed E-state index contributed by atoms with van der Waals surface area (Å²) < 4.78 is 16.5. The summed E-state index contributed by atoms with van der Waals surface area (Å²) in [5.41, 5.74) is 3.11. The predicted molar refractivity (Wildman–Crippen MR) is 101 cm³/mol. The van der Waals surface area contributed by atoms with Gasteiger partial charge in [-0.05, 0) is 31.2 Å². The topological polar surface area (TPSA) is 70.3 Å². The van der Waals surface area contributed by atoms with Gasteiger partial charge >= 0.3 is 18.9 Å². The second kappa shape index (κ2) is 7.88. The number of aromatic nitrogens is 3. The molecule has 28 heavy (non-hydrogen) atoms. The number of carboxylic acids is 1. The number of benzene rings is 2. The largest absolute Gasteiger partial charge is 1.00 e. The van der Waals surface area contributed by atoms with E-state index >= 15 is 0 Å². The van der Waals surface area contributed by atoms with Gasteiger partial charge in [-0.15, -0.1) is 0 Å². The molecule has 8 heteroatoms. The third-order valence-electron chi connectivity index (χ3n) is 4.19. The van der Waals surface area contributed by atoms with Crippen molar-refractivity contribution in [3.8, 4) is 22.5 Å². The Morgan fingerprint density at radius 2 is 1.82 bits per heavy atom. The SMILES string of the molecule is Cc1ccc(-c2cc(C(=O)[O-])nc3cc(-c4ccc(Br)cc4F)nn23)cc1.[Li+]. The third-order valence-corrected chi connectivity index (χ3v) is 4.68. The van der Waals surface area contributed by atoms with E-state index in [1.807, 2.05) is 31.2 Å². The Labute approximate surface area is 180 Å². The molecule has 0 aliphatic heterocycles. The van der Waals surface area contributed by atoms with Crippen LogP contribution in [-0.4, -0.2) is 20.6 Å². The zero-order chi connectivity index (χ0) is 19.1. The number of carbonyl (C=O) groups is 1. The maximum atomic E-state index is 14.3. The normalized spacial score (nSPS) is 10.7. The fourth-order valence-electron chi connectivity index (χ4n) is 2.84. The van der Waals surface area contributed by atoms with Crippen LogP contribution in [0.1, 0.15) is 16.1 Å². The summed E-state index contributed by atoms with van der Waals surface area (Å²) in [5, 5.41) is 15.8. The van der Waals surface area contributed by atoms with Crippen LogP contribution in [0.2, 0.25) is 0 Å². The maximum absolute atomic E-state index is 14.3. The standard InChI is InChI=1S/C20H13BrFN3O2.Li/c1-11-2-4-12(5-3-11)18-9-17(20(26)27)23-19-10-16(24-25(18)19)14-7-6-13(21)8-15(14)22;/h2-10H,1H3,(H,26,27);/q;+1/p-1. The summed E-state index contributed by atoms with van der Waals surface area (Å²) >= 11 is 3.23. The monoisotopic (exact) mass is 431 g/mol. The van der Waals surface area contributed by atoms with Crippen LogP contribution in [-0.2, 0) is 0 Å². The van der Waals surface area contributed by atoms with Crippen LogP contribution < -0.4 is 24.0 Å². The molecule has 0 atom stereocenters. The van der Waals surface area contributed by atoms with Gasteiger partial charge in [0, 0.05) is 21.7 Å². The Balaban J connectivity index is 0.00000225. The molecule has 0 bridgehead atoms. The summed E-state index contributed by atoms with van der Waals surface area (Å²) in [4.78, 5) is 15.5. The van der Waals surface area contributed by atoms with Gasteiger partial charge in [-0.2, -0.15) is 5.10 Å². The van der Waals surface area contributed by atoms with Crippen molar-refractivity contribution in [1.82, 2.24) is 14.6 Å². The first-order valence-electron chi connectivity index (χ1n) is 8.07. The van der Waals surface area contributed by atoms with Crippen molar-refractivity contribution in [2.24, 2.45) is 0 Å². The van der Waals surface area contributed by atoms with E-state index in [2.05, 4.69) is 26.0 Å². The molecule has 0 spiro atoms. The van der Waals surface area contributed by atoms with Crippen molar-refractivity contribution in [2.75, 3.05) is 0 Å². The molecule has 2 heterocycles. The molecule has 4 rings (SSSR count). The minimum absolute atomic E-state index is 0. The number of hydrogen-bond acceptors (Lipinski definition) is 4. The molecule has 2 aromatic heterocycles. The summed E-state index contributed by atoms with van der Waals surface area (Å²) in [6, 6.07) is 15.2. The summed E-state index contributed by atoms with van der Waals surface area (Å²) in [6.45, 7) is 1.96. The first-order valence-corrected chi connectivity index (χ1v) is 8.86. The van der Waals surface area contributed by atoms with Crippen LogP contribution >= 0.6 is 15.9 Å². The van der Waals surface area contributed by atoms with Crippen LogP contribution in [0, 0.1) is 12.7 Å². The number of carboxylic acid groups (broad SMARTS) is 1. The average Bonchev–Trinajstić information content (AvgIpc) is 3.05. The predicted octanol–water partition coefficient (Wildman–Crippen LogP) is 0.641. The molecule has 0 radical (unpaired) electrons. The van der Waals surface area contributed by atoms with Crippen molar-refractivity contribution in [1.29, 1.82) is 0 Å². The number of rotatable bonds is 3. The van der Waals surface area contributed by atoms with Crippen molar-refractivity contribution >= 4 is 27.5 Å². The van der Waals surface area contributed by atoms with E-state index in [4.69, 9.17) is 0 Å². The molecule has 0 saturated heterocycles. The number of hydrogen-bond donors (Lipinski definition) is 0. The fraction of sp³-hybridized carbons (Fsp3) is 0.0500. The number of nitrogens with zero attached hydrogens (tertiary/aromatic N) is 3. The summed E-state index contributed by atoms with van der Waals surface area (Å²) in [5.74, 6) is -1.83. The van der Waals surface area contributed by atoms with Gasteiger partial charge in [0.25, 0.3) is 0 Å². The fourth-order valence-corrected chi connectivity index (χ4v) is 3.17. The van der Waals surface area contributed by atoms with Crippen LogP contribution in [0.3, 0.4) is 0 Å². The second-order valence-electron chi connectivity index (χ2n) is 6.10. The van der Waals surface area contributed by atoms with E-state index in [9.17, 15) is 14.3 Å². The Bertz CT molecular complexity index is 1190. The smallest absolute Gasteiger partial charge is 0.543 e. The van der Waals surface area contributed by atoms with E-state index in [1.165, 1.54) is 16.6 Å². The molecular weight excluding hydrogens is 420 g/mol. The van der Waals surface area contributed by atoms with Crippen LogP contribution in [0.15, 0.2) is 59.1 Å². The Kier molecular flexibility index (Phi) is 5.71. The zero-order valence-corrected chi connectivity index (χ0v) is 16.7. The molecule has 0 N–H and O–H groups in total. The van der Waals surface area contributed by atoms with Gasteiger partial charge in [-0.25, -0.2) is 13.9 Å². The second-order valence-corrected chi connectivity index (χ2v) is 7.02. The van der Waals surface area contributed by atoms with E-state index in [-0.39, 0.29) is 24.6 Å². The summed E-state index contributed by atoms with van der Waals surface area (Å²) in [7, 11) is 0. The van der Waals surface area contributed by atoms with Gasteiger partial charge in [0.05, 0.1) is 23.1 Å². The maximum Gasteiger partial charge on any atom is 1.00 e. The molecule has 0 unspecified atom stereocenters. The van der Waals surface area contributed by atoms with Gasteiger partial charge in [-0.1, -0.05) is 45.8 Å². The molecule has 0 amide bonds. The molecule has 0 aliphatic carbocycles. The van der Waals surface area contributed by atoms with Gasteiger partial charge in [-0.3, -0.25) is 0 Å². The Morgan fingerprint density at radius 1 is 1.11 bits per heavy atom. The molecule has 0 saturated carbocycles. The zero-order valence-electron chi connectivity index (χ0n) is 15.1. The first kappa shape index (κ1) is 20.3. The van der Waals surface area contributed by atoms with E-state index in [0.29, 0.717) is 27.1 Å². The quantitative estimate of drug-likeness (QED) is 0.446. The molecule has 0 fully saturated rings. The minimum Gasteiger partial charge on any atom is -0.543 e. The molecular formula is C20H12BrFLiN3O2. The molecule has 2 aromatic carbocycles. The van der Waals surface area contributed by atoms with Crippen molar-refractivity contribution in [2.45, 2.75) is 6.92 Å². The molecule has 134 valence electrons. The molecule has 0 aliphatic rings. The van der Waals surface area contributed by atoms with E-state index in [0.717, 1.165) is 11.1 Å². The number of aromatic carboxylic acids is 1.